The van der Waals surface area contributed by atoms with Crippen LogP contribution in [-0.4, -0.2) is 70.5 Å². The van der Waals surface area contributed by atoms with Crippen molar-refractivity contribution in [2.75, 3.05) is 6.54 Å². The van der Waals surface area contributed by atoms with Crippen LogP contribution in [0, 0.1) is 0 Å². The molecule has 0 unspecified atom stereocenters. The van der Waals surface area contributed by atoms with Crippen LogP contribution in [0.25, 0.3) is 11.1 Å². The van der Waals surface area contributed by atoms with Crippen molar-refractivity contribution in [1.29, 1.82) is 0 Å². The minimum atomic E-state index is -4.76. The van der Waals surface area contributed by atoms with Gasteiger partial charge in [0.2, 0.25) is 0 Å². The highest BCUT2D eigenvalue weighted by Gasteiger charge is 2.42. The van der Waals surface area contributed by atoms with Gasteiger partial charge in [0.25, 0.3) is 5.91 Å². The molecule has 6 nitrogen and oxygen atoms in total. The van der Waals surface area contributed by atoms with Gasteiger partial charge in [-0.05, 0) is 41.5 Å². The third kappa shape index (κ3) is 4.93. The Labute approximate surface area is 198 Å². The van der Waals surface area contributed by atoms with Crippen molar-refractivity contribution in [3.8, 4) is 22.6 Å². The molecular formula is C21H20B4F3N3O3. The van der Waals surface area contributed by atoms with Gasteiger partial charge in [0, 0.05) is 24.3 Å². The molecule has 0 aliphatic carbocycles. The Bertz CT molecular complexity index is 1210. The third-order valence-electron chi connectivity index (χ3n) is 5.59. The lowest BCUT2D eigenvalue weighted by Gasteiger charge is -2.40. The van der Waals surface area contributed by atoms with Crippen LogP contribution < -0.4 is 9.47 Å². The number of fused-ring (bicyclic) bond motifs is 1. The second-order valence-electron chi connectivity index (χ2n) is 9.17. The summed E-state index contributed by atoms with van der Waals surface area (Å²) in [5.41, 5.74) is 1.64. The van der Waals surface area contributed by atoms with Gasteiger partial charge in [-0.25, -0.2) is 9.97 Å². The zero-order valence-corrected chi connectivity index (χ0v) is 19.2. The Hall–Kier alpha value is -3.36. The van der Waals surface area contributed by atoms with Gasteiger partial charge in [0.15, 0.2) is 0 Å². The molecule has 0 saturated carbocycles. The monoisotopic (exact) mass is 463 g/mol. The Kier molecular flexibility index (Phi) is 5.91. The molecule has 34 heavy (non-hydrogen) atoms. The maximum absolute atomic E-state index is 13.8. The second kappa shape index (κ2) is 8.45. The summed E-state index contributed by atoms with van der Waals surface area (Å²) in [6.07, 6.45) is -1.50. The molecular weight excluding hydrogens is 442 g/mol. The number of aromatic nitrogens is 2. The summed E-state index contributed by atoms with van der Waals surface area (Å²) >= 11 is 0. The number of alkyl halides is 3. The Morgan fingerprint density at radius 1 is 1.00 bits per heavy atom. The number of carbonyl (C=O) groups excluding carboxylic acids is 1. The molecule has 0 bridgehead atoms. The largest absolute Gasteiger partial charge is 0.573 e. The Morgan fingerprint density at radius 2 is 1.62 bits per heavy atom. The number of amides is 1. The van der Waals surface area contributed by atoms with Crippen molar-refractivity contribution in [2.45, 2.75) is 17.1 Å². The fraction of sp³-hybridized carbons (Fsp3) is 0.190. The Morgan fingerprint density at radius 3 is 2.24 bits per heavy atom. The second-order valence-corrected chi connectivity index (χ2v) is 9.17. The van der Waals surface area contributed by atoms with Gasteiger partial charge in [-0.2, -0.15) is 0 Å². The summed E-state index contributed by atoms with van der Waals surface area (Å²) in [7, 11) is 7.56. The summed E-state index contributed by atoms with van der Waals surface area (Å²) in [4.78, 5) is 24.2. The molecule has 0 fully saturated rings. The minimum absolute atomic E-state index is 0.253. The molecule has 2 heterocycles. The zero-order chi connectivity index (χ0) is 24.7. The summed E-state index contributed by atoms with van der Waals surface area (Å²) in [6, 6.07) is 12.4. The first-order chi connectivity index (χ1) is 15.9. The van der Waals surface area contributed by atoms with Gasteiger partial charge >= 0.3 is 6.36 Å². The fourth-order valence-electron chi connectivity index (χ4n) is 3.93. The molecule has 0 atom stereocenters. The molecule has 1 aliphatic rings. The van der Waals surface area contributed by atoms with Crippen LogP contribution in [0.4, 0.5) is 13.2 Å². The van der Waals surface area contributed by atoms with E-state index in [1.54, 1.807) is 41.6 Å². The lowest BCUT2D eigenvalue weighted by atomic mass is 9.57. The molecule has 4 rings (SSSR count). The number of halogens is 3. The zero-order valence-electron chi connectivity index (χ0n) is 19.2. The van der Waals surface area contributed by atoms with Crippen LogP contribution in [-0.2, 0) is 5.34 Å². The molecule has 0 saturated heterocycles. The number of nitrogens with zero attached hydrogens (tertiary/aromatic N) is 3. The van der Waals surface area contributed by atoms with Gasteiger partial charge in [-0.1, -0.05) is 18.2 Å². The highest BCUT2D eigenvalue weighted by Crippen LogP contribution is 2.35. The molecule has 1 aromatic heterocycles. The molecule has 0 spiro atoms. The number of hydrogen-bond donors (Lipinski definition) is 0. The van der Waals surface area contributed by atoms with Gasteiger partial charge in [0.1, 0.15) is 48.7 Å². The maximum atomic E-state index is 13.8. The first kappa shape index (κ1) is 23.8. The van der Waals surface area contributed by atoms with E-state index in [2.05, 4.69) is 14.7 Å². The first-order valence-corrected chi connectivity index (χ1v) is 10.6. The van der Waals surface area contributed by atoms with Crippen molar-refractivity contribution in [1.82, 2.24) is 14.9 Å². The summed E-state index contributed by atoms with van der Waals surface area (Å²) in [5, 5.41) is -1.52. The van der Waals surface area contributed by atoms with Crippen LogP contribution >= 0.6 is 0 Å². The van der Waals surface area contributed by atoms with Crippen molar-refractivity contribution in [2.24, 2.45) is 0 Å². The average Bonchev–Trinajstić information content (AvgIpc) is 2.87. The summed E-state index contributed by atoms with van der Waals surface area (Å²) < 4.78 is 47.5. The molecule has 0 N–H and O–H groups in total. The number of carbonyl (C=O) groups is 1. The molecule has 1 aliphatic heterocycles. The highest BCUT2D eigenvalue weighted by atomic mass is 19.4. The van der Waals surface area contributed by atoms with Crippen LogP contribution in [0.1, 0.15) is 16.2 Å². The first-order valence-electron chi connectivity index (χ1n) is 10.6. The minimum Gasteiger partial charge on any atom is -0.503 e. The van der Waals surface area contributed by atoms with Crippen molar-refractivity contribution in [3.05, 3.63) is 72.3 Å². The van der Waals surface area contributed by atoms with Crippen molar-refractivity contribution < 1.29 is 27.4 Å². The number of benzene rings is 2. The van der Waals surface area contributed by atoms with E-state index in [0.29, 0.717) is 34.8 Å². The predicted molar refractivity (Wildman–Crippen MR) is 131 cm³/mol. The quantitative estimate of drug-likeness (QED) is 0.506. The fourth-order valence-corrected chi connectivity index (χ4v) is 3.93. The van der Waals surface area contributed by atoms with E-state index >= 15 is 0 Å². The highest BCUT2D eigenvalue weighted by molar-refractivity contribution is 6.42. The van der Waals surface area contributed by atoms with Crippen LogP contribution in [0.5, 0.6) is 11.5 Å². The predicted octanol–water partition coefficient (Wildman–Crippen LogP) is -0.126. The van der Waals surface area contributed by atoms with Gasteiger partial charge in [-0.15, -0.1) is 13.2 Å². The van der Waals surface area contributed by atoms with Crippen LogP contribution in [0.15, 0.2) is 60.9 Å². The normalized spacial score (nSPS) is 15.7. The molecule has 170 valence electrons. The van der Waals surface area contributed by atoms with E-state index in [0.717, 1.165) is 0 Å². The van der Waals surface area contributed by atoms with E-state index in [1.807, 2.05) is 31.4 Å². The van der Waals surface area contributed by atoms with E-state index in [9.17, 15) is 18.0 Å². The van der Waals surface area contributed by atoms with Gasteiger partial charge in [0.05, 0.1) is 11.0 Å². The van der Waals surface area contributed by atoms with E-state index < -0.39 is 17.1 Å². The topological polar surface area (TPSA) is 64.6 Å². The summed E-state index contributed by atoms with van der Waals surface area (Å²) in [6.45, 7) is 0.296. The number of ether oxygens (including phenoxy) is 2. The molecule has 1 amide bonds. The van der Waals surface area contributed by atoms with E-state index in [-0.39, 0.29) is 11.7 Å². The lowest BCUT2D eigenvalue weighted by Crippen LogP contribution is -2.58. The smallest absolute Gasteiger partial charge is 0.503 e. The third-order valence-corrected chi connectivity index (χ3v) is 5.59. The molecule has 3 aromatic rings. The number of rotatable bonds is 4. The standard InChI is InChI=1S/C21H20B4F3N3O3/c22-19(23)11-31(20(24,25)18-29-8-1-9-30-18)17(32)15-10-13(4-7-16(15)34-19)12-2-5-14(6-3-12)33-21(26,27)28/h1-10H,11,22-25H2. The average molecular weight is 463 g/mol. The molecule has 13 heteroatoms. The number of hydrogen-bond acceptors (Lipinski definition) is 5. The van der Waals surface area contributed by atoms with Crippen molar-refractivity contribution >= 4 is 37.3 Å². The summed E-state index contributed by atoms with van der Waals surface area (Å²) in [5.74, 6) is 0.363. The molecule has 0 radical (unpaired) electrons. The van der Waals surface area contributed by atoms with Crippen molar-refractivity contribution in [3.63, 3.8) is 0 Å². The Balaban J connectivity index is 1.73. The van der Waals surface area contributed by atoms with Gasteiger partial charge in [-0.3, -0.25) is 4.79 Å². The SMILES string of the molecule is BC1(B)CN(C(B)(B)c2ncccn2)C(=O)c2cc(-c3ccc(OC(F)(F)F)cc3)ccc2O1. The van der Waals surface area contributed by atoms with E-state index in [4.69, 9.17) is 4.74 Å². The molecule has 2 aromatic carbocycles. The lowest BCUT2D eigenvalue weighted by molar-refractivity contribution is -0.274. The maximum Gasteiger partial charge on any atom is 0.573 e. The van der Waals surface area contributed by atoms with Gasteiger partial charge < -0.3 is 14.4 Å². The van der Waals surface area contributed by atoms with E-state index in [1.165, 1.54) is 24.3 Å². The van der Waals surface area contributed by atoms with Crippen LogP contribution in [0.3, 0.4) is 0 Å². The van der Waals surface area contributed by atoms with Crippen LogP contribution in [0.2, 0.25) is 0 Å².